The van der Waals surface area contributed by atoms with Crippen LogP contribution < -0.4 is 5.73 Å². The standard InChI is InChI=1S/C15H23N3/c16-7-14-8-17-18(9-14)10-15-4-11-1-12(5-15)3-13(2-11)6-15/h8-9,11-13H,1-7,10,16H2. The Labute approximate surface area is 109 Å². The summed E-state index contributed by atoms with van der Waals surface area (Å²) in [6, 6.07) is 0. The molecule has 4 fully saturated rings. The third-order valence-electron chi connectivity index (χ3n) is 5.58. The van der Waals surface area contributed by atoms with E-state index in [2.05, 4.69) is 16.0 Å². The van der Waals surface area contributed by atoms with Crippen molar-refractivity contribution in [3.05, 3.63) is 18.0 Å². The molecule has 0 atom stereocenters. The molecule has 0 radical (unpaired) electrons. The summed E-state index contributed by atoms with van der Waals surface area (Å²) in [7, 11) is 0. The highest BCUT2D eigenvalue weighted by molar-refractivity contribution is 5.05. The Balaban J connectivity index is 1.56. The summed E-state index contributed by atoms with van der Waals surface area (Å²) in [6.07, 6.45) is 13.0. The number of hydrogen-bond donors (Lipinski definition) is 1. The third-order valence-corrected chi connectivity index (χ3v) is 5.58. The van der Waals surface area contributed by atoms with Crippen molar-refractivity contribution >= 4 is 0 Å². The van der Waals surface area contributed by atoms with Gasteiger partial charge in [-0.2, -0.15) is 5.10 Å². The minimum Gasteiger partial charge on any atom is -0.326 e. The van der Waals surface area contributed by atoms with E-state index in [0.29, 0.717) is 12.0 Å². The first-order valence-corrected chi connectivity index (χ1v) is 7.46. The molecule has 4 aliphatic rings. The van der Waals surface area contributed by atoms with E-state index in [4.69, 9.17) is 5.73 Å². The average molecular weight is 245 g/mol. The van der Waals surface area contributed by atoms with Crippen LogP contribution in [-0.4, -0.2) is 9.78 Å². The van der Waals surface area contributed by atoms with Gasteiger partial charge >= 0.3 is 0 Å². The van der Waals surface area contributed by atoms with Gasteiger partial charge in [-0.1, -0.05) is 0 Å². The monoisotopic (exact) mass is 245 g/mol. The Morgan fingerprint density at radius 1 is 1.17 bits per heavy atom. The molecule has 0 spiro atoms. The lowest BCUT2D eigenvalue weighted by molar-refractivity contribution is -0.0635. The van der Waals surface area contributed by atoms with Crippen LogP contribution in [0.5, 0.6) is 0 Å². The smallest absolute Gasteiger partial charge is 0.0534 e. The quantitative estimate of drug-likeness (QED) is 0.889. The number of aromatic nitrogens is 2. The van der Waals surface area contributed by atoms with Gasteiger partial charge in [0.05, 0.1) is 6.20 Å². The van der Waals surface area contributed by atoms with E-state index in [1.807, 2.05) is 6.20 Å². The molecule has 0 amide bonds. The third kappa shape index (κ3) is 1.71. The fraction of sp³-hybridized carbons (Fsp3) is 0.800. The second kappa shape index (κ2) is 3.83. The maximum Gasteiger partial charge on any atom is 0.0534 e. The minimum atomic E-state index is 0.576. The summed E-state index contributed by atoms with van der Waals surface area (Å²) in [5.41, 5.74) is 7.41. The summed E-state index contributed by atoms with van der Waals surface area (Å²) >= 11 is 0. The second-order valence-electron chi connectivity index (χ2n) is 7.17. The lowest BCUT2D eigenvalue weighted by atomic mass is 9.49. The van der Waals surface area contributed by atoms with Crippen molar-refractivity contribution in [3.63, 3.8) is 0 Å². The molecular weight excluding hydrogens is 222 g/mol. The number of nitrogens with zero attached hydrogens (tertiary/aromatic N) is 2. The predicted octanol–water partition coefficient (Wildman–Crippen LogP) is 2.56. The zero-order chi connectivity index (χ0) is 12.2. The van der Waals surface area contributed by atoms with Gasteiger partial charge in [0.2, 0.25) is 0 Å². The van der Waals surface area contributed by atoms with Crippen LogP contribution in [0.25, 0.3) is 0 Å². The fourth-order valence-corrected chi connectivity index (χ4v) is 5.43. The van der Waals surface area contributed by atoms with Crippen LogP contribution in [0.3, 0.4) is 0 Å². The Morgan fingerprint density at radius 2 is 1.78 bits per heavy atom. The molecule has 4 saturated carbocycles. The van der Waals surface area contributed by atoms with Crippen LogP contribution in [0, 0.1) is 23.2 Å². The van der Waals surface area contributed by atoms with Gasteiger partial charge in [-0.3, -0.25) is 4.68 Å². The van der Waals surface area contributed by atoms with E-state index in [9.17, 15) is 0 Å². The number of rotatable bonds is 3. The summed E-state index contributed by atoms with van der Waals surface area (Å²) in [4.78, 5) is 0. The molecule has 0 aliphatic heterocycles. The number of nitrogens with two attached hydrogens (primary N) is 1. The maximum absolute atomic E-state index is 5.67. The Bertz CT molecular complexity index is 413. The highest BCUT2D eigenvalue weighted by atomic mass is 15.3. The first-order valence-electron chi connectivity index (χ1n) is 7.46. The van der Waals surface area contributed by atoms with Gasteiger partial charge in [0.25, 0.3) is 0 Å². The van der Waals surface area contributed by atoms with Crippen molar-refractivity contribution in [1.82, 2.24) is 9.78 Å². The van der Waals surface area contributed by atoms with Crippen molar-refractivity contribution in [1.29, 1.82) is 0 Å². The first kappa shape index (κ1) is 11.0. The van der Waals surface area contributed by atoms with Crippen molar-refractivity contribution in [2.75, 3.05) is 0 Å². The van der Waals surface area contributed by atoms with Crippen LogP contribution in [0.1, 0.15) is 44.1 Å². The van der Waals surface area contributed by atoms with Gasteiger partial charge in [0, 0.05) is 24.8 Å². The van der Waals surface area contributed by atoms with E-state index in [-0.39, 0.29) is 0 Å². The Morgan fingerprint density at radius 3 is 2.28 bits per heavy atom. The molecule has 5 rings (SSSR count). The molecule has 98 valence electrons. The largest absolute Gasteiger partial charge is 0.326 e. The van der Waals surface area contributed by atoms with Gasteiger partial charge < -0.3 is 5.73 Å². The zero-order valence-electron chi connectivity index (χ0n) is 11.0. The second-order valence-corrected chi connectivity index (χ2v) is 7.17. The number of hydrogen-bond acceptors (Lipinski definition) is 2. The van der Waals surface area contributed by atoms with E-state index in [0.717, 1.165) is 24.3 Å². The summed E-state index contributed by atoms with van der Waals surface area (Å²) in [6.45, 7) is 1.75. The molecule has 1 aromatic rings. The van der Waals surface area contributed by atoms with Crippen molar-refractivity contribution in [2.24, 2.45) is 28.9 Å². The van der Waals surface area contributed by atoms with Gasteiger partial charge in [0.15, 0.2) is 0 Å². The molecule has 3 nitrogen and oxygen atoms in total. The molecule has 0 unspecified atom stereocenters. The molecule has 18 heavy (non-hydrogen) atoms. The SMILES string of the molecule is NCc1cnn(CC23CC4CC(CC(C4)C2)C3)c1. The predicted molar refractivity (Wildman–Crippen MR) is 70.7 cm³/mol. The Hall–Kier alpha value is -0.830. The molecule has 2 N–H and O–H groups in total. The van der Waals surface area contributed by atoms with Crippen LogP contribution >= 0.6 is 0 Å². The molecule has 4 bridgehead atoms. The highest BCUT2D eigenvalue weighted by Crippen LogP contribution is 2.60. The Kier molecular flexibility index (Phi) is 2.35. The fourth-order valence-electron chi connectivity index (χ4n) is 5.43. The lowest BCUT2D eigenvalue weighted by Crippen LogP contribution is -2.47. The van der Waals surface area contributed by atoms with Crippen LogP contribution in [-0.2, 0) is 13.1 Å². The van der Waals surface area contributed by atoms with Gasteiger partial charge in [-0.05, 0) is 61.7 Å². The molecule has 3 heteroatoms. The van der Waals surface area contributed by atoms with E-state index < -0.39 is 0 Å². The molecular formula is C15H23N3. The van der Waals surface area contributed by atoms with Gasteiger partial charge in [0.1, 0.15) is 0 Å². The topological polar surface area (TPSA) is 43.8 Å². The molecule has 0 aromatic carbocycles. The summed E-state index contributed by atoms with van der Waals surface area (Å²) in [5, 5.41) is 4.50. The normalized spacial score (nSPS) is 41.5. The molecule has 0 saturated heterocycles. The van der Waals surface area contributed by atoms with E-state index in [1.54, 1.807) is 0 Å². The van der Waals surface area contributed by atoms with Crippen LogP contribution in [0.15, 0.2) is 12.4 Å². The maximum atomic E-state index is 5.67. The van der Waals surface area contributed by atoms with Crippen molar-refractivity contribution < 1.29 is 0 Å². The lowest BCUT2D eigenvalue weighted by Gasteiger charge is -2.56. The average Bonchev–Trinajstić information content (AvgIpc) is 2.74. The minimum absolute atomic E-state index is 0.576. The summed E-state index contributed by atoms with van der Waals surface area (Å²) in [5.74, 6) is 3.09. The van der Waals surface area contributed by atoms with Crippen LogP contribution in [0.2, 0.25) is 0 Å². The van der Waals surface area contributed by atoms with Crippen LogP contribution in [0.4, 0.5) is 0 Å². The highest BCUT2D eigenvalue weighted by Gasteiger charge is 2.50. The molecule has 1 aromatic heterocycles. The first-order chi connectivity index (χ1) is 8.75. The molecule has 1 heterocycles. The molecule has 4 aliphatic carbocycles. The van der Waals surface area contributed by atoms with Crippen molar-refractivity contribution in [2.45, 2.75) is 51.6 Å². The van der Waals surface area contributed by atoms with Gasteiger partial charge in [-0.15, -0.1) is 0 Å². The van der Waals surface area contributed by atoms with Gasteiger partial charge in [-0.25, -0.2) is 0 Å². The van der Waals surface area contributed by atoms with Crippen molar-refractivity contribution in [3.8, 4) is 0 Å². The zero-order valence-corrected chi connectivity index (χ0v) is 11.0. The summed E-state index contributed by atoms with van der Waals surface area (Å²) < 4.78 is 2.16. The van der Waals surface area contributed by atoms with E-state index in [1.165, 1.54) is 44.1 Å². The van der Waals surface area contributed by atoms with E-state index >= 15 is 0 Å².